The van der Waals surface area contributed by atoms with Crippen molar-refractivity contribution in [1.29, 1.82) is 0 Å². The number of nitrogens with zero attached hydrogens (tertiary/aromatic N) is 1. The standard InChI is InChI=1S/C29H26ClN3O5/c1-16(2)38-29(37)19-10-12-21(13-11-19)32-26(34)20-6-5-7-22(15-20)31-25-24(30)27(35)33(28(25)36)23-14-17(3)8-9-18(23)4/h5-16,31H,1-4H3,(H,32,34). The molecule has 1 aliphatic rings. The van der Waals surface area contributed by atoms with Crippen LogP contribution >= 0.6 is 11.6 Å². The minimum atomic E-state index is -0.623. The van der Waals surface area contributed by atoms with Crippen molar-refractivity contribution in [3.8, 4) is 0 Å². The molecule has 0 spiro atoms. The molecule has 3 amide bonds. The van der Waals surface area contributed by atoms with Gasteiger partial charge in [-0.15, -0.1) is 0 Å². The van der Waals surface area contributed by atoms with Crippen LogP contribution < -0.4 is 15.5 Å². The predicted molar refractivity (Wildman–Crippen MR) is 146 cm³/mol. The number of carbonyl (C=O) groups excluding carboxylic acids is 4. The van der Waals surface area contributed by atoms with E-state index < -0.39 is 23.7 Å². The van der Waals surface area contributed by atoms with E-state index in [9.17, 15) is 19.2 Å². The molecule has 8 nitrogen and oxygen atoms in total. The maximum atomic E-state index is 13.2. The summed E-state index contributed by atoms with van der Waals surface area (Å²) in [6, 6.07) is 18.3. The van der Waals surface area contributed by atoms with Crippen molar-refractivity contribution >= 4 is 52.4 Å². The number of hydrogen-bond donors (Lipinski definition) is 2. The van der Waals surface area contributed by atoms with E-state index in [1.54, 1.807) is 68.4 Å². The normalized spacial score (nSPS) is 13.3. The summed E-state index contributed by atoms with van der Waals surface area (Å²) >= 11 is 6.28. The molecule has 0 unspecified atom stereocenters. The molecule has 0 saturated heterocycles. The quantitative estimate of drug-likeness (QED) is 0.305. The summed E-state index contributed by atoms with van der Waals surface area (Å²) in [6.07, 6.45) is -0.235. The van der Waals surface area contributed by atoms with Gasteiger partial charge in [-0.2, -0.15) is 0 Å². The van der Waals surface area contributed by atoms with Gasteiger partial charge in [0, 0.05) is 16.9 Å². The Labute approximate surface area is 225 Å². The number of nitrogens with one attached hydrogen (secondary N) is 2. The highest BCUT2D eigenvalue weighted by molar-refractivity contribution is 6.53. The first-order valence-corrected chi connectivity index (χ1v) is 12.3. The average molecular weight is 532 g/mol. The van der Waals surface area contributed by atoms with E-state index in [2.05, 4.69) is 10.6 Å². The van der Waals surface area contributed by atoms with Crippen LogP contribution in [0.3, 0.4) is 0 Å². The molecule has 1 aliphatic heterocycles. The fraction of sp³-hybridized carbons (Fsp3) is 0.172. The van der Waals surface area contributed by atoms with Crippen molar-refractivity contribution in [2.24, 2.45) is 0 Å². The van der Waals surface area contributed by atoms with E-state index in [0.29, 0.717) is 28.2 Å². The molecule has 3 aromatic carbocycles. The maximum absolute atomic E-state index is 13.2. The van der Waals surface area contributed by atoms with Crippen LogP contribution in [0.1, 0.15) is 45.7 Å². The summed E-state index contributed by atoms with van der Waals surface area (Å²) in [6.45, 7) is 7.21. The summed E-state index contributed by atoms with van der Waals surface area (Å²) in [4.78, 5) is 52.0. The summed E-state index contributed by atoms with van der Waals surface area (Å²) in [5.74, 6) is -2.06. The number of halogens is 1. The van der Waals surface area contributed by atoms with Crippen LogP contribution in [-0.2, 0) is 14.3 Å². The van der Waals surface area contributed by atoms with Crippen LogP contribution in [0, 0.1) is 13.8 Å². The van der Waals surface area contributed by atoms with Crippen molar-refractivity contribution in [3.63, 3.8) is 0 Å². The largest absolute Gasteiger partial charge is 0.459 e. The first-order valence-electron chi connectivity index (χ1n) is 11.9. The highest BCUT2D eigenvalue weighted by Crippen LogP contribution is 2.32. The Bertz CT molecular complexity index is 1480. The fourth-order valence-corrected chi connectivity index (χ4v) is 4.06. The average Bonchev–Trinajstić information content (AvgIpc) is 3.08. The minimum absolute atomic E-state index is 0.0704. The Morgan fingerprint density at radius 2 is 1.58 bits per heavy atom. The van der Waals surface area contributed by atoms with Crippen LogP contribution in [0.5, 0.6) is 0 Å². The Kier molecular flexibility index (Phi) is 7.64. The van der Waals surface area contributed by atoms with Gasteiger partial charge in [0.05, 0.1) is 17.4 Å². The summed E-state index contributed by atoms with van der Waals surface area (Å²) in [7, 11) is 0. The maximum Gasteiger partial charge on any atom is 0.338 e. The smallest absolute Gasteiger partial charge is 0.338 e. The molecule has 0 radical (unpaired) electrons. The number of aryl methyl sites for hydroxylation is 2. The van der Waals surface area contributed by atoms with Crippen LogP contribution in [0.25, 0.3) is 0 Å². The molecule has 0 fully saturated rings. The second-order valence-electron chi connectivity index (χ2n) is 9.12. The first-order chi connectivity index (χ1) is 18.0. The van der Waals surface area contributed by atoms with Crippen LogP contribution in [0.15, 0.2) is 77.5 Å². The van der Waals surface area contributed by atoms with Gasteiger partial charge in [-0.05, 0) is 87.4 Å². The third-order valence-electron chi connectivity index (χ3n) is 5.75. The molecule has 38 heavy (non-hydrogen) atoms. The van der Waals surface area contributed by atoms with E-state index >= 15 is 0 Å². The van der Waals surface area contributed by atoms with Gasteiger partial charge in [0.1, 0.15) is 10.7 Å². The van der Waals surface area contributed by atoms with Gasteiger partial charge in [-0.25, -0.2) is 9.69 Å². The molecule has 3 aromatic rings. The van der Waals surface area contributed by atoms with E-state index in [4.69, 9.17) is 16.3 Å². The van der Waals surface area contributed by atoms with Crippen molar-refractivity contribution in [1.82, 2.24) is 0 Å². The number of esters is 1. The number of hydrogen-bond acceptors (Lipinski definition) is 6. The van der Waals surface area contributed by atoms with Gasteiger partial charge in [0.15, 0.2) is 0 Å². The highest BCUT2D eigenvalue weighted by atomic mass is 35.5. The lowest BCUT2D eigenvalue weighted by Gasteiger charge is -2.18. The molecule has 194 valence electrons. The molecule has 0 saturated carbocycles. The zero-order valence-corrected chi connectivity index (χ0v) is 22.1. The topological polar surface area (TPSA) is 105 Å². The predicted octanol–water partition coefficient (Wildman–Crippen LogP) is 5.56. The molecular weight excluding hydrogens is 506 g/mol. The SMILES string of the molecule is Cc1ccc(C)c(N2C(=O)C(Cl)=C(Nc3cccc(C(=O)Nc4ccc(C(=O)OC(C)C)cc4)c3)C2=O)c1. The zero-order chi connectivity index (χ0) is 27.6. The summed E-state index contributed by atoms with van der Waals surface area (Å²) < 4.78 is 5.16. The number of amides is 3. The Hall–Kier alpha value is -4.43. The van der Waals surface area contributed by atoms with Crippen molar-refractivity contribution in [2.75, 3.05) is 15.5 Å². The lowest BCUT2D eigenvalue weighted by atomic mass is 10.1. The molecular formula is C29H26ClN3O5. The van der Waals surface area contributed by atoms with Gasteiger partial charge in [-0.3, -0.25) is 14.4 Å². The molecule has 1 heterocycles. The molecule has 4 rings (SSSR count). The number of imide groups is 1. The number of benzene rings is 3. The number of carbonyl (C=O) groups is 4. The van der Waals surface area contributed by atoms with Crippen LogP contribution in [0.4, 0.5) is 17.1 Å². The second kappa shape index (κ2) is 10.9. The van der Waals surface area contributed by atoms with Crippen molar-refractivity contribution in [3.05, 3.63) is 99.7 Å². The van der Waals surface area contributed by atoms with E-state index in [1.807, 2.05) is 26.0 Å². The molecule has 0 atom stereocenters. The highest BCUT2D eigenvalue weighted by Gasteiger charge is 2.39. The minimum Gasteiger partial charge on any atom is -0.459 e. The molecule has 2 N–H and O–H groups in total. The molecule has 0 bridgehead atoms. The zero-order valence-electron chi connectivity index (χ0n) is 21.3. The first kappa shape index (κ1) is 26.6. The van der Waals surface area contributed by atoms with E-state index in [1.165, 1.54) is 0 Å². The number of anilines is 3. The van der Waals surface area contributed by atoms with Crippen LogP contribution in [0.2, 0.25) is 0 Å². The van der Waals surface area contributed by atoms with Gasteiger partial charge in [0.2, 0.25) is 0 Å². The summed E-state index contributed by atoms with van der Waals surface area (Å²) in [5, 5.41) is 5.43. The molecule has 9 heteroatoms. The van der Waals surface area contributed by atoms with Crippen LogP contribution in [-0.4, -0.2) is 29.8 Å². The van der Waals surface area contributed by atoms with Gasteiger partial charge >= 0.3 is 5.97 Å². The number of rotatable bonds is 7. The van der Waals surface area contributed by atoms with Gasteiger partial charge in [0.25, 0.3) is 17.7 Å². The second-order valence-corrected chi connectivity index (χ2v) is 9.49. The van der Waals surface area contributed by atoms with E-state index in [-0.39, 0.29) is 16.8 Å². The van der Waals surface area contributed by atoms with E-state index in [0.717, 1.165) is 16.0 Å². The number of ether oxygens (including phenoxy) is 1. The Morgan fingerprint density at radius 3 is 2.26 bits per heavy atom. The van der Waals surface area contributed by atoms with Crippen molar-refractivity contribution < 1.29 is 23.9 Å². The Balaban J connectivity index is 1.48. The monoisotopic (exact) mass is 531 g/mol. The lowest BCUT2D eigenvalue weighted by molar-refractivity contribution is -0.120. The third-order valence-corrected chi connectivity index (χ3v) is 6.10. The third kappa shape index (κ3) is 5.60. The summed E-state index contributed by atoms with van der Waals surface area (Å²) in [5.41, 5.74) is 3.61. The Morgan fingerprint density at radius 1 is 0.868 bits per heavy atom. The molecule has 0 aromatic heterocycles. The fourth-order valence-electron chi connectivity index (χ4n) is 3.85. The van der Waals surface area contributed by atoms with Gasteiger partial charge < -0.3 is 15.4 Å². The lowest BCUT2D eigenvalue weighted by Crippen LogP contribution is -2.33. The van der Waals surface area contributed by atoms with Gasteiger partial charge in [-0.1, -0.05) is 29.8 Å². The van der Waals surface area contributed by atoms with Crippen molar-refractivity contribution in [2.45, 2.75) is 33.8 Å². The molecule has 0 aliphatic carbocycles.